The highest BCUT2D eigenvalue weighted by Gasteiger charge is 2.16. The molecule has 0 saturated heterocycles. The summed E-state index contributed by atoms with van der Waals surface area (Å²) in [5.74, 6) is -0.433. The lowest BCUT2D eigenvalue weighted by atomic mass is 10.2. The zero-order valence-corrected chi connectivity index (χ0v) is 5.67. The Bertz CT molecular complexity index is 329. The monoisotopic (exact) mass is 166 g/mol. The number of carbonyl (C=O) groups excluding carboxylic acids is 1. The molecule has 0 aromatic carbocycles. The van der Waals surface area contributed by atoms with Crippen LogP contribution in [0.5, 0.6) is 0 Å². The van der Waals surface area contributed by atoms with Gasteiger partial charge in [-0.1, -0.05) is 0 Å². The van der Waals surface area contributed by atoms with Crippen LogP contribution >= 0.6 is 0 Å². The fraction of sp³-hybridized carbons (Fsp3) is 0. The predicted molar refractivity (Wildman–Crippen MR) is 32.0 cm³/mol. The Morgan fingerprint density at radius 3 is 1.92 bits per heavy atom. The minimum atomic E-state index is -0.433. The van der Waals surface area contributed by atoms with E-state index in [1.54, 1.807) is 0 Å². The first-order valence-electron chi connectivity index (χ1n) is 2.97. The molecule has 0 N–H and O–H groups in total. The number of hydrogen-bond donors (Lipinski definition) is 0. The Kier molecular flexibility index (Phi) is 1.40. The quantitative estimate of drug-likeness (QED) is 0.564. The van der Waals surface area contributed by atoms with Crippen LogP contribution in [0.3, 0.4) is 0 Å². The lowest BCUT2D eigenvalue weighted by Gasteiger charge is -1.82. The summed E-state index contributed by atoms with van der Waals surface area (Å²) in [6.45, 7) is 0. The van der Waals surface area contributed by atoms with Crippen molar-refractivity contribution in [2.75, 3.05) is 0 Å². The number of carbonyl (C=O) groups is 1. The second kappa shape index (κ2) is 2.53. The van der Waals surface area contributed by atoms with Crippen molar-refractivity contribution < 1.29 is 13.8 Å². The van der Waals surface area contributed by atoms with Gasteiger partial charge in [0.05, 0.1) is 0 Å². The fourth-order valence-electron chi connectivity index (χ4n) is 0.658. The van der Waals surface area contributed by atoms with Crippen LogP contribution < -0.4 is 0 Å². The van der Waals surface area contributed by atoms with Crippen molar-refractivity contribution in [3.8, 4) is 0 Å². The summed E-state index contributed by atoms with van der Waals surface area (Å²) in [5, 5.41) is 13.0. The largest absolute Gasteiger partial charge is 0.345 e. The minimum absolute atomic E-state index is 0.0747. The van der Waals surface area contributed by atoms with E-state index >= 15 is 0 Å². The lowest BCUT2D eigenvalue weighted by molar-refractivity contribution is 0.102. The Morgan fingerprint density at radius 2 is 1.58 bits per heavy atom. The molecule has 7 heteroatoms. The molecular weight excluding hydrogens is 164 g/mol. The van der Waals surface area contributed by atoms with Gasteiger partial charge in [0.1, 0.15) is 0 Å². The molecule has 60 valence electrons. The van der Waals surface area contributed by atoms with Gasteiger partial charge in [0.15, 0.2) is 23.9 Å². The van der Waals surface area contributed by atoms with Gasteiger partial charge in [-0.15, -0.1) is 10.2 Å². The van der Waals surface area contributed by atoms with Gasteiger partial charge in [0.25, 0.3) is 0 Å². The molecule has 2 heterocycles. The van der Waals surface area contributed by atoms with Gasteiger partial charge in [-0.25, -0.2) is 0 Å². The van der Waals surface area contributed by atoms with Gasteiger partial charge in [-0.3, -0.25) is 4.79 Å². The summed E-state index contributed by atoms with van der Waals surface area (Å²) < 4.78 is 8.75. The van der Waals surface area contributed by atoms with E-state index in [1.165, 1.54) is 0 Å². The standard InChI is InChI=1S/C5H2N4O3/c10-5(3-1-11-8-6-3)4-2-12-9-7-4/h1-2H. The maximum Gasteiger partial charge on any atom is 0.240 e. The van der Waals surface area contributed by atoms with Crippen molar-refractivity contribution >= 4 is 5.78 Å². The minimum Gasteiger partial charge on any atom is -0.345 e. The van der Waals surface area contributed by atoms with Crippen LogP contribution in [0.15, 0.2) is 21.6 Å². The van der Waals surface area contributed by atoms with E-state index in [1.807, 2.05) is 0 Å². The summed E-state index contributed by atoms with van der Waals surface area (Å²) >= 11 is 0. The van der Waals surface area contributed by atoms with Gasteiger partial charge in [0, 0.05) is 10.5 Å². The molecular formula is C5H2N4O3. The van der Waals surface area contributed by atoms with Gasteiger partial charge >= 0.3 is 0 Å². The Hall–Kier alpha value is -2.05. The first kappa shape index (κ1) is 6.65. The van der Waals surface area contributed by atoms with E-state index in [4.69, 9.17) is 0 Å². The number of aromatic nitrogens is 4. The Balaban J connectivity index is 2.34. The average molecular weight is 166 g/mol. The molecule has 2 aromatic rings. The van der Waals surface area contributed by atoms with Crippen LogP contribution in [0.4, 0.5) is 0 Å². The summed E-state index contributed by atoms with van der Waals surface area (Å²) in [6, 6.07) is 0. The van der Waals surface area contributed by atoms with Crippen molar-refractivity contribution in [3.63, 3.8) is 0 Å². The number of nitrogens with zero attached hydrogens (tertiary/aromatic N) is 4. The maximum absolute atomic E-state index is 11.2. The third kappa shape index (κ3) is 0.965. The van der Waals surface area contributed by atoms with E-state index in [0.29, 0.717) is 0 Å². The summed E-state index contributed by atoms with van der Waals surface area (Å²) in [5.41, 5.74) is 0.149. The second-order valence-corrected chi connectivity index (χ2v) is 1.91. The predicted octanol–water partition coefficient (Wildman–Crippen LogP) is -0.316. The van der Waals surface area contributed by atoms with Gasteiger partial charge in [0.2, 0.25) is 5.78 Å². The third-order valence-corrected chi connectivity index (χ3v) is 1.19. The van der Waals surface area contributed by atoms with Crippen molar-refractivity contribution in [2.24, 2.45) is 0 Å². The normalized spacial score (nSPS) is 10.0. The highest BCUT2D eigenvalue weighted by molar-refractivity contribution is 6.05. The van der Waals surface area contributed by atoms with Crippen molar-refractivity contribution in [2.45, 2.75) is 0 Å². The molecule has 7 nitrogen and oxygen atoms in total. The van der Waals surface area contributed by atoms with Gasteiger partial charge in [-0.05, 0) is 0 Å². The summed E-state index contributed by atoms with van der Waals surface area (Å²) in [7, 11) is 0. The number of rotatable bonds is 2. The molecule has 0 saturated carbocycles. The first-order valence-corrected chi connectivity index (χ1v) is 2.97. The smallest absolute Gasteiger partial charge is 0.240 e. The van der Waals surface area contributed by atoms with E-state index in [2.05, 4.69) is 29.8 Å². The summed E-state index contributed by atoms with van der Waals surface area (Å²) in [4.78, 5) is 11.2. The fourth-order valence-corrected chi connectivity index (χ4v) is 0.658. The maximum atomic E-state index is 11.2. The molecule has 0 aliphatic rings. The molecule has 0 radical (unpaired) electrons. The van der Waals surface area contributed by atoms with Gasteiger partial charge < -0.3 is 9.05 Å². The SMILES string of the molecule is O=C(c1conn1)c1conn1. The zero-order valence-electron chi connectivity index (χ0n) is 5.67. The summed E-state index contributed by atoms with van der Waals surface area (Å²) in [6.07, 6.45) is 2.24. The number of hydrogen-bond acceptors (Lipinski definition) is 7. The Morgan fingerprint density at radius 1 is 1.08 bits per heavy atom. The van der Waals surface area contributed by atoms with Crippen molar-refractivity contribution in [3.05, 3.63) is 23.9 Å². The van der Waals surface area contributed by atoms with Crippen molar-refractivity contribution in [1.29, 1.82) is 0 Å². The van der Waals surface area contributed by atoms with E-state index in [9.17, 15) is 4.79 Å². The number of ketones is 1. The Labute approximate surface area is 65.3 Å². The highest BCUT2D eigenvalue weighted by atomic mass is 16.5. The van der Waals surface area contributed by atoms with Crippen LogP contribution in [-0.4, -0.2) is 26.5 Å². The van der Waals surface area contributed by atoms with E-state index < -0.39 is 5.78 Å². The highest BCUT2D eigenvalue weighted by Crippen LogP contribution is 2.01. The molecule has 0 spiro atoms. The van der Waals surface area contributed by atoms with E-state index in [0.717, 1.165) is 12.5 Å². The van der Waals surface area contributed by atoms with Crippen LogP contribution in [0.25, 0.3) is 0 Å². The molecule has 2 rings (SSSR count). The zero-order chi connectivity index (χ0) is 8.39. The van der Waals surface area contributed by atoms with Crippen LogP contribution in [0.1, 0.15) is 16.2 Å². The molecule has 0 unspecified atom stereocenters. The second-order valence-electron chi connectivity index (χ2n) is 1.91. The third-order valence-electron chi connectivity index (χ3n) is 1.19. The lowest BCUT2D eigenvalue weighted by Crippen LogP contribution is -2.02. The average Bonchev–Trinajstić information content (AvgIpc) is 2.77. The van der Waals surface area contributed by atoms with Crippen LogP contribution in [0.2, 0.25) is 0 Å². The molecule has 0 bridgehead atoms. The first-order chi connectivity index (χ1) is 5.88. The molecule has 0 amide bonds. The van der Waals surface area contributed by atoms with Crippen molar-refractivity contribution in [1.82, 2.24) is 20.7 Å². The van der Waals surface area contributed by atoms with E-state index in [-0.39, 0.29) is 11.4 Å². The molecule has 2 aromatic heterocycles. The van der Waals surface area contributed by atoms with Crippen LogP contribution in [-0.2, 0) is 0 Å². The van der Waals surface area contributed by atoms with Crippen LogP contribution in [0, 0.1) is 0 Å². The molecule has 12 heavy (non-hydrogen) atoms. The topological polar surface area (TPSA) is 94.9 Å². The molecule has 0 atom stereocenters. The molecule has 0 aliphatic heterocycles. The molecule has 0 aliphatic carbocycles. The van der Waals surface area contributed by atoms with Gasteiger partial charge in [-0.2, -0.15) is 0 Å². The molecule has 0 fully saturated rings.